The van der Waals surface area contributed by atoms with Gasteiger partial charge in [-0.3, -0.25) is 0 Å². The lowest BCUT2D eigenvalue weighted by molar-refractivity contribution is 0.593. The van der Waals surface area contributed by atoms with Crippen LogP contribution in [-0.4, -0.2) is 27.2 Å². The maximum absolute atomic E-state index is 3.96. The van der Waals surface area contributed by atoms with Gasteiger partial charge in [0.2, 0.25) is 5.82 Å². The Bertz CT molecular complexity index is 452. The third-order valence-corrected chi connectivity index (χ3v) is 2.82. The lowest BCUT2D eigenvalue weighted by Gasteiger charge is -2.11. The standard InChI is InChI=1S/C12H17N5/c1-3-9(2)8-13-11-6-4-5-10(7-11)12-14-16-17-15-12/h4-7,9,13H,3,8H2,1-2H3,(H,14,15,16,17). The van der Waals surface area contributed by atoms with Crippen LogP contribution >= 0.6 is 0 Å². The molecule has 0 amide bonds. The Labute approximate surface area is 101 Å². The van der Waals surface area contributed by atoms with Crippen LogP contribution < -0.4 is 5.32 Å². The summed E-state index contributed by atoms with van der Waals surface area (Å²) < 4.78 is 0. The fraction of sp³-hybridized carbons (Fsp3) is 0.417. The molecule has 0 aliphatic rings. The number of benzene rings is 1. The zero-order valence-corrected chi connectivity index (χ0v) is 10.1. The molecule has 1 atom stereocenters. The monoisotopic (exact) mass is 231 g/mol. The van der Waals surface area contributed by atoms with Crippen LogP contribution in [-0.2, 0) is 0 Å². The predicted molar refractivity (Wildman–Crippen MR) is 67.6 cm³/mol. The summed E-state index contributed by atoms with van der Waals surface area (Å²) in [6.45, 7) is 5.41. The second kappa shape index (κ2) is 5.43. The van der Waals surface area contributed by atoms with E-state index in [2.05, 4.69) is 39.8 Å². The van der Waals surface area contributed by atoms with Crippen LogP contribution in [0.25, 0.3) is 11.4 Å². The first-order chi connectivity index (χ1) is 8.29. The lowest BCUT2D eigenvalue weighted by Crippen LogP contribution is -2.10. The molecular formula is C12H17N5. The van der Waals surface area contributed by atoms with Crippen LogP contribution in [0.1, 0.15) is 20.3 Å². The molecule has 0 saturated heterocycles. The molecule has 1 aromatic heterocycles. The van der Waals surface area contributed by atoms with Crippen molar-refractivity contribution in [2.75, 3.05) is 11.9 Å². The van der Waals surface area contributed by atoms with E-state index in [4.69, 9.17) is 0 Å². The molecule has 0 fully saturated rings. The predicted octanol–water partition coefficient (Wildman–Crippen LogP) is 2.32. The molecule has 1 heterocycles. The van der Waals surface area contributed by atoms with Gasteiger partial charge in [-0.05, 0) is 23.3 Å². The number of nitrogens with zero attached hydrogens (tertiary/aromatic N) is 3. The summed E-state index contributed by atoms with van der Waals surface area (Å²) in [5.41, 5.74) is 2.06. The summed E-state index contributed by atoms with van der Waals surface area (Å²) in [7, 11) is 0. The number of nitrogens with one attached hydrogen (secondary N) is 2. The molecular weight excluding hydrogens is 214 g/mol. The van der Waals surface area contributed by atoms with E-state index in [0.717, 1.165) is 17.8 Å². The van der Waals surface area contributed by atoms with E-state index in [-0.39, 0.29) is 0 Å². The van der Waals surface area contributed by atoms with Gasteiger partial charge in [0.15, 0.2) is 0 Å². The quantitative estimate of drug-likeness (QED) is 0.828. The Kier molecular flexibility index (Phi) is 3.69. The third-order valence-electron chi connectivity index (χ3n) is 2.82. The van der Waals surface area contributed by atoms with E-state index in [1.54, 1.807) is 0 Å². The number of hydrogen-bond donors (Lipinski definition) is 2. The molecule has 1 aromatic carbocycles. The van der Waals surface area contributed by atoms with Crippen molar-refractivity contribution in [2.45, 2.75) is 20.3 Å². The first kappa shape index (κ1) is 11.6. The van der Waals surface area contributed by atoms with E-state index in [9.17, 15) is 0 Å². The second-order valence-corrected chi connectivity index (χ2v) is 4.21. The van der Waals surface area contributed by atoms with Crippen LogP contribution in [0.2, 0.25) is 0 Å². The van der Waals surface area contributed by atoms with Crippen LogP contribution in [0.5, 0.6) is 0 Å². The average molecular weight is 231 g/mol. The average Bonchev–Trinajstić information content (AvgIpc) is 2.90. The minimum atomic E-state index is 0.622. The van der Waals surface area contributed by atoms with E-state index in [1.807, 2.05) is 24.3 Å². The van der Waals surface area contributed by atoms with Crippen molar-refractivity contribution in [3.8, 4) is 11.4 Å². The van der Waals surface area contributed by atoms with E-state index in [1.165, 1.54) is 6.42 Å². The Hall–Kier alpha value is -1.91. The second-order valence-electron chi connectivity index (χ2n) is 4.21. The molecule has 2 aromatic rings. The fourth-order valence-electron chi connectivity index (χ4n) is 1.49. The van der Waals surface area contributed by atoms with Gasteiger partial charge < -0.3 is 5.32 Å². The number of H-pyrrole nitrogens is 1. The van der Waals surface area contributed by atoms with Gasteiger partial charge in [-0.15, -0.1) is 10.2 Å². The summed E-state index contributed by atoms with van der Waals surface area (Å²) in [5, 5.41) is 17.4. The third kappa shape index (κ3) is 3.03. The molecule has 5 heteroatoms. The molecule has 17 heavy (non-hydrogen) atoms. The van der Waals surface area contributed by atoms with Crippen molar-refractivity contribution >= 4 is 5.69 Å². The van der Waals surface area contributed by atoms with E-state index >= 15 is 0 Å². The highest BCUT2D eigenvalue weighted by atomic mass is 15.5. The van der Waals surface area contributed by atoms with Gasteiger partial charge in [0.25, 0.3) is 0 Å². The Morgan fingerprint density at radius 2 is 2.29 bits per heavy atom. The Morgan fingerprint density at radius 1 is 1.41 bits per heavy atom. The van der Waals surface area contributed by atoms with Gasteiger partial charge in [-0.2, -0.15) is 5.21 Å². The van der Waals surface area contributed by atoms with Gasteiger partial charge >= 0.3 is 0 Å². The summed E-state index contributed by atoms with van der Waals surface area (Å²) in [6, 6.07) is 8.04. The summed E-state index contributed by atoms with van der Waals surface area (Å²) in [6.07, 6.45) is 1.18. The topological polar surface area (TPSA) is 66.5 Å². The molecule has 1 unspecified atom stereocenters. The molecule has 0 radical (unpaired) electrons. The SMILES string of the molecule is CCC(C)CNc1cccc(-c2nn[nH]n2)c1. The van der Waals surface area contributed by atoms with Crippen molar-refractivity contribution in [1.82, 2.24) is 20.6 Å². The zero-order chi connectivity index (χ0) is 12.1. The normalized spacial score (nSPS) is 12.4. The molecule has 2 rings (SSSR count). The van der Waals surface area contributed by atoms with Gasteiger partial charge in [-0.25, -0.2) is 0 Å². The van der Waals surface area contributed by atoms with Crippen LogP contribution in [0.4, 0.5) is 5.69 Å². The highest BCUT2D eigenvalue weighted by Gasteiger charge is 2.04. The Balaban J connectivity index is 2.07. The van der Waals surface area contributed by atoms with Gasteiger partial charge in [0, 0.05) is 17.8 Å². The largest absolute Gasteiger partial charge is 0.385 e. The minimum Gasteiger partial charge on any atom is -0.385 e. The number of hydrogen-bond acceptors (Lipinski definition) is 4. The highest BCUT2D eigenvalue weighted by molar-refractivity contribution is 5.61. The summed E-state index contributed by atoms with van der Waals surface area (Å²) in [5.74, 6) is 1.29. The maximum atomic E-state index is 3.96. The van der Waals surface area contributed by atoms with Crippen molar-refractivity contribution in [2.24, 2.45) is 5.92 Å². The zero-order valence-electron chi connectivity index (χ0n) is 10.1. The number of rotatable bonds is 5. The highest BCUT2D eigenvalue weighted by Crippen LogP contribution is 2.18. The molecule has 0 spiro atoms. The molecule has 0 aliphatic carbocycles. The lowest BCUT2D eigenvalue weighted by atomic mass is 10.1. The van der Waals surface area contributed by atoms with Gasteiger partial charge in [-0.1, -0.05) is 32.4 Å². The molecule has 0 aliphatic heterocycles. The molecule has 0 saturated carbocycles. The Morgan fingerprint density at radius 3 is 3.00 bits per heavy atom. The maximum Gasteiger partial charge on any atom is 0.204 e. The van der Waals surface area contributed by atoms with Gasteiger partial charge in [0.1, 0.15) is 0 Å². The fourth-order valence-corrected chi connectivity index (χ4v) is 1.49. The summed E-state index contributed by atoms with van der Waals surface area (Å²) in [4.78, 5) is 0. The number of tetrazole rings is 1. The molecule has 0 bridgehead atoms. The van der Waals surface area contributed by atoms with Crippen molar-refractivity contribution in [3.05, 3.63) is 24.3 Å². The van der Waals surface area contributed by atoms with E-state index < -0.39 is 0 Å². The first-order valence-electron chi connectivity index (χ1n) is 5.87. The van der Waals surface area contributed by atoms with Crippen molar-refractivity contribution in [3.63, 3.8) is 0 Å². The van der Waals surface area contributed by atoms with E-state index in [0.29, 0.717) is 11.7 Å². The van der Waals surface area contributed by atoms with Crippen molar-refractivity contribution < 1.29 is 0 Å². The molecule has 90 valence electrons. The molecule has 2 N–H and O–H groups in total. The number of aromatic amines is 1. The summed E-state index contributed by atoms with van der Waals surface area (Å²) >= 11 is 0. The van der Waals surface area contributed by atoms with Crippen LogP contribution in [0.3, 0.4) is 0 Å². The van der Waals surface area contributed by atoms with Gasteiger partial charge in [0.05, 0.1) is 0 Å². The van der Waals surface area contributed by atoms with Crippen LogP contribution in [0.15, 0.2) is 24.3 Å². The smallest absolute Gasteiger partial charge is 0.204 e. The number of aromatic nitrogens is 4. The van der Waals surface area contributed by atoms with Crippen molar-refractivity contribution in [1.29, 1.82) is 0 Å². The number of anilines is 1. The first-order valence-corrected chi connectivity index (χ1v) is 5.87. The van der Waals surface area contributed by atoms with Crippen LogP contribution in [0, 0.1) is 5.92 Å². The minimum absolute atomic E-state index is 0.622. The molecule has 5 nitrogen and oxygen atoms in total.